The van der Waals surface area contributed by atoms with Gasteiger partial charge in [0.05, 0.1) is 6.54 Å². The maximum Gasteiger partial charge on any atom is 0.224 e. The Hall–Kier alpha value is -2.28. The molecule has 1 aromatic heterocycles. The Morgan fingerprint density at radius 3 is 2.87 bits per heavy atom. The molecular formula is C16H17FN4OS. The lowest BCUT2D eigenvalue weighted by atomic mass is 10.2. The summed E-state index contributed by atoms with van der Waals surface area (Å²) in [4.78, 5) is 11.9. The number of halogens is 1. The van der Waals surface area contributed by atoms with E-state index in [2.05, 4.69) is 15.5 Å². The lowest BCUT2D eigenvalue weighted by molar-refractivity contribution is -0.120. The fourth-order valence-electron chi connectivity index (χ4n) is 2.30. The van der Waals surface area contributed by atoms with Gasteiger partial charge in [0.2, 0.25) is 5.91 Å². The third-order valence-electron chi connectivity index (χ3n) is 3.62. The SMILES string of the molecule is O=C(CC=Cc1ccc(F)cc1)NCc1n[nH]c(=S)n1C1CC1. The number of nitrogens with zero attached hydrogens (tertiary/aromatic N) is 2. The molecule has 120 valence electrons. The smallest absolute Gasteiger partial charge is 0.224 e. The largest absolute Gasteiger partial charge is 0.349 e. The van der Waals surface area contributed by atoms with E-state index < -0.39 is 0 Å². The fourth-order valence-corrected chi connectivity index (χ4v) is 2.60. The van der Waals surface area contributed by atoms with Crippen LogP contribution in [0.4, 0.5) is 4.39 Å². The summed E-state index contributed by atoms with van der Waals surface area (Å²) in [5, 5.41) is 9.76. The first-order valence-corrected chi connectivity index (χ1v) is 7.89. The molecule has 1 amide bonds. The number of hydrogen-bond acceptors (Lipinski definition) is 3. The Bertz CT molecular complexity index is 774. The lowest BCUT2D eigenvalue weighted by Gasteiger charge is -2.05. The molecule has 7 heteroatoms. The topological polar surface area (TPSA) is 62.7 Å². The number of rotatable bonds is 6. The van der Waals surface area contributed by atoms with Crippen molar-refractivity contribution in [1.82, 2.24) is 20.1 Å². The molecule has 2 N–H and O–H groups in total. The van der Waals surface area contributed by atoms with Crippen LogP contribution in [0.1, 0.15) is 36.7 Å². The number of H-pyrrole nitrogens is 1. The minimum absolute atomic E-state index is 0.0976. The van der Waals surface area contributed by atoms with E-state index in [9.17, 15) is 9.18 Å². The zero-order valence-electron chi connectivity index (χ0n) is 12.5. The zero-order valence-corrected chi connectivity index (χ0v) is 13.3. The number of hydrogen-bond donors (Lipinski definition) is 2. The molecule has 1 aliphatic carbocycles. The van der Waals surface area contributed by atoms with Crippen LogP contribution in [0.2, 0.25) is 0 Å². The summed E-state index contributed by atoms with van der Waals surface area (Å²) in [5.41, 5.74) is 0.855. The number of aromatic nitrogens is 3. The number of carbonyl (C=O) groups excluding carboxylic acids is 1. The van der Waals surface area contributed by atoms with Gasteiger partial charge < -0.3 is 5.32 Å². The third-order valence-corrected chi connectivity index (χ3v) is 3.90. The second-order valence-electron chi connectivity index (χ2n) is 5.48. The van der Waals surface area contributed by atoms with Crippen molar-refractivity contribution in [2.45, 2.75) is 31.8 Å². The summed E-state index contributed by atoms with van der Waals surface area (Å²) >= 11 is 5.20. The monoisotopic (exact) mass is 332 g/mol. The van der Waals surface area contributed by atoms with Crippen molar-refractivity contribution < 1.29 is 9.18 Å². The van der Waals surface area contributed by atoms with E-state index in [1.807, 2.05) is 4.57 Å². The van der Waals surface area contributed by atoms with Gasteiger partial charge in [-0.1, -0.05) is 24.3 Å². The van der Waals surface area contributed by atoms with Crippen LogP contribution in [0.25, 0.3) is 6.08 Å². The molecule has 0 spiro atoms. The van der Waals surface area contributed by atoms with Crippen molar-refractivity contribution in [3.05, 3.63) is 52.3 Å². The standard InChI is InChI=1S/C16H17FN4OS/c17-12-6-4-11(5-7-12)2-1-3-15(22)18-10-14-19-20-16(23)21(14)13-8-9-13/h1-2,4-7,13H,3,8-10H2,(H,18,22)(H,20,23). The Balaban J connectivity index is 1.50. The first kappa shape index (κ1) is 15.6. The predicted molar refractivity (Wildman–Crippen MR) is 87.6 cm³/mol. The van der Waals surface area contributed by atoms with Crippen LogP contribution in [0, 0.1) is 10.6 Å². The van der Waals surface area contributed by atoms with Gasteiger partial charge in [0.1, 0.15) is 5.82 Å². The van der Waals surface area contributed by atoms with Crippen LogP contribution in [0.5, 0.6) is 0 Å². The Kier molecular flexibility index (Phi) is 4.66. The normalized spacial score (nSPS) is 14.3. The average molecular weight is 332 g/mol. The molecule has 0 aliphatic heterocycles. The first-order chi connectivity index (χ1) is 11.1. The molecule has 0 atom stereocenters. The molecule has 0 saturated heterocycles. The van der Waals surface area contributed by atoms with Gasteiger partial charge in [-0.3, -0.25) is 14.5 Å². The van der Waals surface area contributed by atoms with Crippen LogP contribution in [-0.4, -0.2) is 20.7 Å². The Morgan fingerprint density at radius 2 is 2.17 bits per heavy atom. The molecule has 1 saturated carbocycles. The highest BCUT2D eigenvalue weighted by Gasteiger charge is 2.27. The number of aromatic amines is 1. The summed E-state index contributed by atoms with van der Waals surface area (Å²) < 4.78 is 15.4. The van der Waals surface area contributed by atoms with Crippen molar-refractivity contribution in [3.63, 3.8) is 0 Å². The third kappa shape index (κ3) is 4.13. The molecule has 2 aromatic rings. The summed E-state index contributed by atoms with van der Waals surface area (Å²) in [7, 11) is 0. The molecule has 0 unspecified atom stereocenters. The molecule has 23 heavy (non-hydrogen) atoms. The molecule has 5 nitrogen and oxygen atoms in total. The van der Waals surface area contributed by atoms with Crippen LogP contribution in [0.15, 0.2) is 30.3 Å². The summed E-state index contributed by atoms with van der Waals surface area (Å²) in [6.45, 7) is 0.354. The maximum atomic E-state index is 12.8. The maximum absolute atomic E-state index is 12.8. The van der Waals surface area contributed by atoms with Gasteiger partial charge >= 0.3 is 0 Å². The van der Waals surface area contributed by atoms with Gasteiger partial charge in [-0.15, -0.1) is 0 Å². The zero-order chi connectivity index (χ0) is 16.2. The van der Waals surface area contributed by atoms with Gasteiger partial charge in [0.25, 0.3) is 0 Å². The first-order valence-electron chi connectivity index (χ1n) is 7.48. The molecule has 1 fully saturated rings. The average Bonchev–Trinajstić information content (AvgIpc) is 3.30. The van der Waals surface area contributed by atoms with Gasteiger partial charge in [0.15, 0.2) is 10.6 Å². The number of carbonyl (C=O) groups is 1. The number of nitrogens with one attached hydrogen (secondary N) is 2. The van der Waals surface area contributed by atoms with E-state index in [0.29, 0.717) is 17.4 Å². The van der Waals surface area contributed by atoms with E-state index in [4.69, 9.17) is 12.2 Å². The highest BCUT2D eigenvalue weighted by Crippen LogP contribution is 2.35. The fraction of sp³-hybridized carbons (Fsp3) is 0.312. The van der Waals surface area contributed by atoms with Crippen molar-refractivity contribution in [3.8, 4) is 0 Å². The van der Waals surface area contributed by atoms with Crippen molar-refractivity contribution in [1.29, 1.82) is 0 Å². The van der Waals surface area contributed by atoms with Gasteiger partial charge in [-0.05, 0) is 42.8 Å². The minimum Gasteiger partial charge on any atom is -0.349 e. The lowest BCUT2D eigenvalue weighted by Crippen LogP contribution is -2.23. The van der Waals surface area contributed by atoms with E-state index >= 15 is 0 Å². The van der Waals surface area contributed by atoms with Crippen molar-refractivity contribution in [2.24, 2.45) is 0 Å². The highest BCUT2D eigenvalue weighted by molar-refractivity contribution is 7.71. The van der Waals surface area contributed by atoms with Crippen LogP contribution in [-0.2, 0) is 11.3 Å². The molecule has 0 bridgehead atoms. The molecule has 3 rings (SSSR count). The second-order valence-corrected chi connectivity index (χ2v) is 5.87. The number of amides is 1. The Morgan fingerprint density at radius 1 is 1.43 bits per heavy atom. The van der Waals surface area contributed by atoms with E-state index in [0.717, 1.165) is 24.2 Å². The molecule has 1 aliphatic rings. The van der Waals surface area contributed by atoms with Crippen molar-refractivity contribution >= 4 is 24.2 Å². The van der Waals surface area contributed by atoms with Gasteiger partial charge in [0, 0.05) is 12.5 Å². The molecular weight excluding hydrogens is 315 g/mol. The predicted octanol–water partition coefficient (Wildman–Crippen LogP) is 3.13. The van der Waals surface area contributed by atoms with E-state index in [-0.39, 0.29) is 18.1 Å². The van der Waals surface area contributed by atoms with Gasteiger partial charge in [-0.2, -0.15) is 5.10 Å². The summed E-state index contributed by atoms with van der Waals surface area (Å²) in [6.07, 6.45) is 6.01. The summed E-state index contributed by atoms with van der Waals surface area (Å²) in [6, 6.07) is 6.53. The van der Waals surface area contributed by atoms with E-state index in [1.54, 1.807) is 24.3 Å². The highest BCUT2D eigenvalue weighted by atomic mass is 32.1. The molecule has 0 radical (unpaired) electrons. The van der Waals surface area contributed by atoms with Crippen LogP contribution >= 0.6 is 12.2 Å². The van der Waals surface area contributed by atoms with Crippen LogP contribution < -0.4 is 5.32 Å². The summed E-state index contributed by atoms with van der Waals surface area (Å²) in [5.74, 6) is 0.386. The quantitative estimate of drug-likeness (QED) is 0.799. The second kappa shape index (κ2) is 6.87. The van der Waals surface area contributed by atoms with E-state index in [1.165, 1.54) is 12.1 Å². The van der Waals surface area contributed by atoms with Crippen molar-refractivity contribution in [2.75, 3.05) is 0 Å². The molecule has 1 aromatic carbocycles. The molecule has 1 heterocycles. The van der Waals surface area contributed by atoms with Crippen LogP contribution in [0.3, 0.4) is 0 Å². The Labute approximate surface area is 138 Å². The van der Waals surface area contributed by atoms with Gasteiger partial charge in [-0.25, -0.2) is 4.39 Å². The number of benzene rings is 1. The minimum atomic E-state index is -0.274.